The van der Waals surface area contributed by atoms with Crippen molar-refractivity contribution in [3.63, 3.8) is 0 Å². The van der Waals surface area contributed by atoms with Crippen LogP contribution in [0.4, 0.5) is 0 Å². The van der Waals surface area contributed by atoms with Crippen LogP contribution in [0.3, 0.4) is 0 Å². The molecule has 1 aromatic rings. The van der Waals surface area contributed by atoms with E-state index in [0.29, 0.717) is 23.6 Å². The number of rotatable bonds is 4. The molecule has 2 N–H and O–H groups in total. The minimum Gasteiger partial charge on any atom is -0.393 e. The largest absolute Gasteiger partial charge is 0.393 e. The number of amides is 1. The Bertz CT molecular complexity index is 468. The molecule has 0 aromatic carbocycles. The van der Waals surface area contributed by atoms with Gasteiger partial charge in [-0.15, -0.1) is 0 Å². The Labute approximate surface area is 119 Å². The van der Waals surface area contributed by atoms with Crippen LogP contribution in [0.15, 0.2) is 4.52 Å². The lowest BCUT2D eigenvalue weighted by atomic mass is 9.86. The minimum absolute atomic E-state index is 0.122. The molecule has 1 aromatic heterocycles. The second kappa shape index (κ2) is 6.39. The van der Waals surface area contributed by atoms with Gasteiger partial charge in [-0.2, -0.15) is 0 Å². The van der Waals surface area contributed by atoms with E-state index in [4.69, 9.17) is 4.52 Å². The number of aromatic nitrogens is 1. The van der Waals surface area contributed by atoms with E-state index >= 15 is 0 Å². The average Bonchev–Trinajstić information content (AvgIpc) is 2.79. The number of hydrogen-bond acceptors (Lipinski definition) is 4. The Hall–Kier alpha value is -1.36. The SMILES string of the molecule is Cc1noc(C(C)C)c1C(=O)NCC1CCCCC1O. The van der Waals surface area contributed by atoms with Crippen LogP contribution in [0.25, 0.3) is 0 Å². The zero-order chi connectivity index (χ0) is 14.7. The molecule has 1 fully saturated rings. The van der Waals surface area contributed by atoms with Gasteiger partial charge >= 0.3 is 0 Å². The second-order valence-corrected chi connectivity index (χ2v) is 5.98. The van der Waals surface area contributed by atoms with Crippen LogP contribution in [-0.2, 0) is 0 Å². The van der Waals surface area contributed by atoms with E-state index in [2.05, 4.69) is 10.5 Å². The first-order chi connectivity index (χ1) is 9.50. The van der Waals surface area contributed by atoms with Gasteiger partial charge in [-0.1, -0.05) is 31.8 Å². The standard InChI is InChI=1S/C15H24N2O3/c1-9(2)14-13(10(3)17-20-14)15(19)16-8-11-6-4-5-7-12(11)18/h9,11-12,18H,4-8H2,1-3H3,(H,16,19). The third-order valence-corrected chi connectivity index (χ3v) is 4.03. The van der Waals surface area contributed by atoms with Gasteiger partial charge in [0, 0.05) is 18.4 Å². The molecule has 5 heteroatoms. The number of carbonyl (C=O) groups excluding carboxylic acids is 1. The van der Waals surface area contributed by atoms with Crippen LogP contribution in [0.2, 0.25) is 0 Å². The van der Waals surface area contributed by atoms with Crippen LogP contribution in [-0.4, -0.2) is 28.8 Å². The van der Waals surface area contributed by atoms with Crippen molar-refractivity contribution in [3.8, 4) is 0 Å². The van der Waals surface area contributed by atoms with E-state index in [0.717, 1.165) is 25.7 Å². The Morgan fingerprint density at radius 1 is 1.45 bits per heavy atom. The van der Waals surface area contributed by atoms with Gasteiger partial charge < -0.3 is 14.9 Å². The molecule has 1 amide bonds. The maximum Gasteiger partial charge on any atom is 0.256 e. The molecule has 5 nitrogen and oxygen atoms in total. The van der Waals surface area contributed by atoms with Gasteiger partial charge in [0.05, 0.1) is 11.8 Å². The highest BCUT2D eigenvalue weighted by atomic mass is 16.5. The zero-order valence-electron chi connectivity index (χ0n) is 12.5. The van der Waals surface area contributed by atoms with Crippen molar-refractivity contribution < 1.29 is 14.4 Å². The summed E-state index contributed by atoms with van der Waals surface area (Å²) in [5.41, 5.74) is 1.17. The average molecular weight is 280 g/mol. The van der Waals surface area contributed by atoms with Gasteiger partial charge in [0.25, 0.3) is 5.91 Å². The maximum absolute atomic E-state index is 12.3. The molecule has 1 aliphatic rings. The summed E-state index contributed by atoms with van der Waals surface area (Å²) in [6, 6.07) is 0. The van der Waals surface area contributed by atoms with Crippen molar-refractivity contribution >= 4 is 5.91 Å². The van der Waals surface area contributed by atoms with Crippen molar-refractivity contribution in [1.29, 1.82) is 0 Å². The predicted octanol–water partition coefficient (Wildman–Crippen LogP) is 2.39. The lowest BCUT2D eigenvalue weighted by Gasteiger charge is -2.27. The summed E-state index contributed by atoms with van der Waals surface area (Å²) in [5.74, 6) is 0.766. The molecular formula is C15H24N2O3. The molecule has 2 atom stereocenters. The van der Waals surface area contributed by atoms with Gasteiger partial charge in [0.1, 0.15) is 5.56 Å². The fourth-order valence-corrected chi connectivity index (χ4v) is 2.80. The third-order valence-electron chi connectivity index (χ3n) is 4.03. The summed E-state index contributed by atoms with van der Waals surface area (Å²) in [5, 5.41) is 16.7. The lowest BCUT2D eigenvalue weighted by Crippen LogP contribution is -2.37. The maximum atomic E-state index is 12.3. The Kier molecular flexibility index (Phi) is 4.81. The van der Waals surface area contributed by atoms with Crippen LogP contribution in [0, 0.1) is 12.8 Å². The molecule has 0 aliphatic heterocycles. The summed E-state index contributed by atoms with van der Waals surface area (Å²) in [4.78, 5) is 12.3. The number of aliphatic hydroxyl groups is 1. The number of aliphatic hydroxyl groups excluding tert-OH is 1. The molecule has 20 heavy (non-hydrogen) atoms. The molecule has 1 heterocycles. The molecule has 0 bridgehead atoms. The van der Waals surface area contributed by atoms with Gasteiger partial charge in [-0.25, -0.2) is 0 Å². The van der Waals surface area contributed by atoms with E-state index in [1.54, 1.807) is 6.92 Å². The van der Waals surface area contributed by atoms with E-state index in [-0.39, 0.29) is 23.8 Å². The lowest BCUT2D eigenvalue weighted by molar-refractivity contribution is 0.0662. The molecule has 1 aliphatic carbocycles. The highest BCUT2D eigenvalue weighted by molar-refractivity contribution is 5.96. The molecule has 0 spiro atoms. The molecule has 0 radical (unpaired) electrons. The summed E-state index contributed by atoms with van der Waals surface area (Å²) in [6.45, 7) is 6.24. The van der Waals surface area contributed by atoms with Gasteiger partial charge in [0.15, 0.2) is 5.76 Å². The topological polar surface area (TPSA) is 75.4 Å². The Morgan fingerprint density at radius 2 is 2.15 bits per heavy atom. The van der Waals surface area contributed by atoms with Gasteiger partial charge in [-0.3, -0.25) is 4.79 Å². The van der Waals surface area contributed by atoms with Crippen molar-refractivity contribution in [2.75, 3.05) is 6.54 Å². The molecule has 2 rings (SSSR count). The van der Waals surface area contributed by atoms with E-state index in [1.165, 1.54) is 0 Å². The van der Waals surface area contributed by atoms with Crippen molar-refractivity contribution in [2.45, 2.75) is 58.5 Å². The van der Waals surface area contributed by atoms with Crippen molar-refractivity contribution in [3.05, 3.63) is 17.0 Å². The fraction of sp³-hybridized carbons (Fsp3) is 0.733. The molecule has 1 saturated carbocycles. The monoisotopic (exact) mass is 280 g/mol. The Morgan fingerprint density at radius 3 is 2.80 bits per heavy atom. The van der Waals surface area contributed by atoms with Gasteiger partial charge in [-0.05, 0) is 19.8 Å². The number of nitrogens with one attached hydrogen (secondary N) is 1. The van der Waals surface area contributed by atoms with E-state index in [1.807, 2.05) is 13.8 Å². The smallest absolute Gasteiger partial charge is 0.256 e. The van der Waals surface area contributed by atoms with E-state index in [9.17, 15) is 9.90 Å². The predicted molar refractivity (Wildman–Crippen MR) is 75.6 cm³/mol. The summed E-state index contributed by atoms with van der Waals surface area (Å²) >= 11 is 0. The molecule has 112 valence electrons. The first-order valence-corrected chi connectivity index (χ1v) is 7.43. The number of hydrogen-bond donors (Lipinski definition) is 2. The highest BCUT2D eigenvalue weighted by Crippen LogP contribution is 2.25. The van der Waals surface area contributed by atoms with Crippen molar-refractivity contribution in [1.82, 2.24) is 10.5 Å². The fourth-order valence-electron chi connectivity index (χ4n) is 2.80. The third kappa shape index (κ3) is 3.20. The zero-order valence-corrected chi connectivity index (χ0v) is 12.5. The summed E-state index contributed by atoms with van der Waals surface area (Å²) in [6.07, 6.45) is 3.72. The molecular weight excluding hydrogens is 256 g/mol. The first kappa shape index (κ1) is 15.0. The highest BCUT2D eigenvalue weighted by Gasteiger charge is 2.26. The van der Waals surface area contributed by atoms with Gasteiger partial charge in [0.2, 0.25) is 0 Å². The molecule has 2 unspecified atom stereocenters. The quantitative estimate of drug-likeness (QED) is 0.888. The van der Waals surface area contributed by atoms with Crippen LogP contribution < -0.4 is 5.32 Å². The minimum atomic E-state index is -0.294. The summed E-state index contributed by atoms with van der Waals surface area (Å²) < 4.78 is 5.23. The number of aryl methyl sites for hydroxylation is 1. The number of nitrogens with zero attached hydrogens (tertiary/aromatic N) is 1. The normalized spacial score (nSPS) is 23.1. The van der Waals surface area contributed by atoms with Crippen LogP contribution in [0.1, 0.15) is 67.3 Å². The van der Waals surface area contributed by atoms with E-state index < -0.39 is 0 Å². The first-order valence-electron chi connectivity index (χ1n) is 7.43. The summed E-state index contributed by atoms with van der Waals surface area (Å²) in [7, 11) is 0. The number of carbonyl (C=O) groups is 1. The Balaban J connectivity index is 2.00. The molecule has 0 saturated heterocycles. The van der Waals surface area contributed by atoms with Crippen molar-refractivity contribution in [2.24, 2.45) is 5.92 Å². The van der Waals surface area contributed by atoms with Crippen LogP contribution in [0.5, 0.6) is 0 Å². The van der Waals surface area contributed by atoms with Crippen LogP contribution >= 0.6 is 0 Å². The second-order valence-electron chi connectivity index (χ2n) is 5.98.